The molecule has 0 aliphatic rings. The van der Waals surface area contributed by atoms with E-state index in [2.05, 4.69) is 0 Å². The van der Waals surface area contributed by atoms with Crippen molar-refractivity contribution in [1.82, 2.24) is 0 Å². The molecule has 3 nitrogen and oxygen atoms in total. The molecular weight excluding hydrogens is 192 g/mol. The van der Waals surface area contributed by atoms with Gasteiger partial charge in [0, 0.05) is 6.42 Å². The van der Waals surface area contributed by atoms with Crippen LogP contribution in [0.3, 0.4) is 0 Å². The van der Waals surface area contributed by atoms with Crippen molar-refractivity contribution >= 4 is 5.97 Å². The molecule has 0 fully saturated rings. The van der Waals surface area contributed by atoms with Crippen molar-refractivity contribution in [3.63, 3.8) is 0 Å². The van der Waals surface area contributed by atoms with Crippen LogP contribution in [0.4, 0.5) is 8.78 Å². The second-order valence-electron chi connectivity index (χ2n) is 4.12. The van der Waals surface area contributed by atoms with Gasteiger partial charge in [0.25, 0.3) is 6.43 Å². The Morgan fingerprint density at radius 3 is 2.29 bits per heavy atom. The number of nitrogens with two attached hydrogens (primary N) is 1. The van der Waals surface area contributed by atoms with E-state index in [0.717, 1.165) is 0 Å². The normalized spacial score (nSPS) is 14.2. The summed E-state index contributed by atoms with van der Waals surface area (Å²) in [6.45, 7) is 5.16. The summed E-state index contributed by atoms with van der Waals surface area (Å²) in [6, 6.07) is -1.25. The number of carbonyl (C=O) groups is 1. The first-order valence-electron chi connectivity index (χ1n) is 4.48. The van der Waals surface area contributed by atoms with Crippen LogP contribution in [0.25, 0.3) is 0 Å². The third-order valence-corrected chi connectivity index (χ3v) is 1.43. The van der Waals surface area contributed by atoms with Crippen LogP contribution < -0.4 is 5.73 Å². The molecule has 0 spiro atoms. The van der Waals surface area contributed by atoms with Crippen molar-refractivity contribution in [1.29, 1.82) is 0 Å². The maximum absolute atomic E-state index is 11.9. The number of rotatable bonds is 4. The van der Waals surface area contributed by atoms with Crippen LogP contribution in [0.2, 0.25) is 0 Å². The summed E-state index contributed by atoms with van der Waals surface area (Å²) in [7, 11) is 0. The molecule has 0 saturated heterocycles. The number of carbonyl (C=O) groups excluding carboxylic acids is 1. The quantitative estimate of drug-likeness (QED) is 0.717. The Bertz CT molecular complexity index is 190. The van der Waals surface area contributed by atoms with Gasteiger partial charge in [-0.2, -0.15) is 0 Å². The van der Waals surface area contributed by atoms with E-state index in [9.17, 15) is 13.6 Å². The number of halogens is 2. The molecule has 0 aliphatic heterocycles. The van der Waals surface area contributed by atoms with Crippen LogP contribution in [-0.4, -0.2) is 24.0 Å². The fourth-order valence-corrected chi connectivity index (χ4v) is 0.803. The van der Waals surface area contributed by atoms with Crippen molar-refractivity contribution in [2.45, 2.75) is 51.7 Å². The summed E-state index contributed by atoms with van der Waals surface area (Å²) in [4.78, 5) is 11.1. The lowest BCUT2D eigenvalue weighted by molar-refractivity contribution is -0.155. The fourth-order valence-electron chi connectivity index (χ4n) is 0.803. The SMILES string of the molecule is CC(C)(C)OC(=O)CCC(N)C(F)F. The van der Waals surface area contributed by atoms with Gasteiger partial charge in [0.05, 0.1) is 6.04 Å². The molecule has 14 heavy (non-hydrogen) atoms. The lowest BCUT2D eigenvalue weighted by atomic mass is 10.1. The summed E-state index contributed by atoms with van der Waals surface area (Å²) in [5, 5.41) is 0. The van der Waals surface area contributed by atoms with E-state index in [4.69, 9.17) is 10.5 Å². The molecule has 0 saturated carbocycles. The molecule has 1 atom stereocenters. The molecule has 0 rings (SSSR count). The maximum atomic E-state index is 11.9. The molecule has 0 bridgehead atoms. The predicted molar refractivity (Wildman–Crippen MR) is 49.1 cm³/mol. The van der Waals surface area contributed by atoms with Crippen molar-refractivity contribution in [3.05, 3.63) is 0 Å². The molecule has 84 valence electrons. The Morgan fingerprint density at radius 1 is 1.43 bits per heavy atom. The van der Waals surface area contributed by atoms with Crippen molar-refractivity contribution < 1.29 is 18.3 Å². The lowest BCUT2D eigenvalue weighted by Crippen LogP contribution is -2.30. The molecule has 0 heterocycles. The lowest BCUT2D eigenvalue weighted by Gasteiger charge is -2.20. The number of hydrogen-bond donors (Lipinski definition) is 1. The van der Waals surface area contributed by atoms with E-state index >= 15 is 0 Å². The van der Waals surface area contributed by atoms with Gasteiger partial charge in [0.15, 0.2) is 0 Å². The fraction of sp³-hybridized carbons (Fsp3) is 0.889. The van der Waals surface area contributed by atoms with Gasteiger partial charge >= 0.3 is 5.97 Å². The first kappa shape index (κ1) is 13.3. The minimum absolute atomic E-state index is 0.0490. The molecule has 0 aromatic carbocycles. The van der Waals surface area contributed by atoms with Gasteiger partial charge in [-0.3, -0.25) is 4.79 Å². The van der Waals surface area contributed by atoms with Gasteiger partial charge in [-0.25, -0.2) is 8.78 Å². The van der Waals surface area contributed by atoms with Crippen LogP contribution >= 0.6 is 0 Å². The van der Waals surface area contributed by atoms with Crippen molar-refractivity contribution in [2.24, 2.45) is 5.73 Å². The summed E-state index contributed by atoms with van der Waals surface area (Å²) < 4.78 is 28.8. The average Bonchev–Trinajstić information content (AvgIpc) is 1.96. The van der Waals surface area contributed by atoms with Crippen LogP contribution in [0.15, 0.2) is 0 Å². The molecule has 0 radical (unpaired) electrons. The molecule has 0 aromatic heterocycles. The van der Waals surface area contributed by atoms with Crippen molar-refractivity contribution in [3.8, 4) is 0 Å². The Labute approximate surface area is 82.6 Å². The standard InChI is InChI=1S/C9H17F2NO2/c1-9(2,3)14-7(13)5-4-6(12)8(10)11/h6,8H,4-5,12H2,1-3H3. The smallest absolute Gasteiger partial charge is 0.306 e. The van der Waals surface area contributed by atoms with Gasteiger partial charge < -0.3 is 10.5 Å². The van der Waals surface area contributed by atoms with Crippen LogP contribution in [-0.2, 0) is 9.53 Å². The zero-order valence-corrected chi connectivity index (χ0v) is 8.72. The highest BCUT2D eigenvalue weighted by atomic mass is 19.3. The Balaban J connectivity index is 3.75. The van der Waals surface area contributed by atoms with Gasteiger partial charge in [-0.1, -0.05) is 0 Å². The topological polar surface area (TPSA) is 52.3 Å². The third-order valence-electron chi connectivity index (χ3n) is 1.43. The minimum Gasteiger partial charge on any atom is -0.460 e. The largest absolute Gasteiger partial charge is 0.460 e. The predicted octanol–water partition coefficient (Wildman–Crippen LogP) is 1.70. The first-order valence-corrected chi connectivity index (χ1v) is 4.48. The number of ether oxygens (including phenoxy) is 1. The van der Waals surface area contributed by atoms with Crippen LogP contribution in [0, 0.1) is 0 Å². The van der Waals surface area contributed by atoms with E-state index in [0.29, 0.717) is 0 Å². The molecular formula is C9H17F2NO2. The van der Waals surface area contributed by atoms with Gasteiger partial charge in [0.2, 0.25) is 0 Å². The van der Waals surface area contributed by atoms with Crippen molar-refractivity contribution in [2.75, 3.05) is 0 Å². The number of alkyl halides is 2. The molecule has 5 heteroatoms. The van der Waals surface area contributed by atoms with Gasteiger partial charge in [-0.15, -0.1) is 0 Å². The summed E-state index contributed by atoms with van der Waals surface area (Å²) in [6.07, 6.45) is -2.70. The minimum atomic E-state index is -2.59. The van der Waals surface area contributed by atoms with Gasteiger partial charge in [-0.05, 0) is 27.2 Å². The van der Waals surface area contributed by atoms with Gasteiger partial charge in [0.1, 0.15) is 5.60 Å². The van der Waals surface area contributed by atoms with E-state index in [1.807, 2.05) is 0 Å². The monoisotopic (exact) mass is 209 g/mol. The third kappa shape index (κ3) is 6.77. The first-order chi connectivity index (χ1) is 6.22. The number of esters is 1. The highest BCUT2D eigenvalue weighted by Gasteiger charge is 2.20. The summed E-state index contributed by atoms with van der Waals surface area (Å²) in [5.74, 6) is -0.492. The molecule has 2 N–H and O–H groups in total. The van der Waals surface area contributed by atoms with E-state index in [1.54, 1.807) is 20.8 Å². The highest BCUT2D eigenvalue weighted by Crippen LogP contribution is 2.11. The highest BCUT2D eigenvalue weighted by molar-refractivity contribution is 5.69. The summed E-state index contributed by atoms with van der Waals surface area (Å²) >= 11 is 0. The van der Waals surface area contributed by atoms with Crippen LogP contribution in [0.5, 0.6) is 0 Å². The molecule has 0 amide bonds. The van der Waals surface area contributed by atoms with E-state index in [1.165, 1.54) is 0 Å². The second kappa shape index (κ2) is 5.24. The Hall–Kier alpha value is -0.710. The molecule has 0 aromatic rings. The Kier molecular flexibility index (Phi) is 4.97. The second-order valence-corrected chi connectivity index (χ2v) is 4.12. The maximum Gasteiger partial charge on any atom is 0.306 e. The average molecular weight is 209 g/mol. The van der Waals surface area contributed by atoms with Crippen LogP contribution in [0.1, 0.15) is 33.6 Å². The van der Waals surface area contributed by atoms with E-state index in [-0.39, 0.29) is 12.8 Å². The zero-order chi connectivity index (χ0) is 11.4. The molecule has 1 unspecified atom stereocenters. The summed E-state index contributed by atoms with van der Waals surface area (Å²) in [5.41, 5.74) is 4.49. The molecule has 0 aliphatic carbocycles. The zero-order valence-electron chi connectivity index (χ0n) is 8.72. The Morgan fingerprint density at radius 2 is 1.93 bits per heavy atom. The van der Waals surface area contributed by atoms with E-state index < -0.39 is 24.0 Å². The number of hydrogen-bond acceptors (Lipinski definition) is 3.